The van der Waals surface area contributed by atoms with Crippen molar-refractivity contribution in [1.82, 2.24) is 5.32 Å². The van der Waals surface area contributed by atoms with Crippen LogP contribution in [0.2, 0.25) is 0 Å². The Labute approximate surface area is 131 Å². The number of hydrogen-bond donors (Lipinski definition) is 1. The summed E-state index contributed by atoms with van der Waals surface area (Å²) < 4.78 is 6.27. The molecule has 2 unspecified atom stereocenters. The lowest BCUT2D eigenvalue weighted by atomic mass is 9.72. The number of nitrogens with one attached hydrogen (secondary N) is 1. The van der Waals surface area contributed by atoms with Crippen LogP contribution in [0.4, 0.5) is 0 Å². The van der Waals surface area contributed by atoms with Gasteiger partial charge in [0.1, 0.15) is 0 Å². The van der Waals surface area contributed by atoms with Crippen molar-refractivity contribution in [2.45, 2.75) is 95.6 Å². The fourth-order valence-corrected chi connectivity index (χ4v) is 5.26. The second kappa shape index (κ2) is 7.46. The van der Waals surface area contributed by atoms with Crippen LogP contribution in [-0.4, -0.2) is 24.8 Å². The third-order valence-electron chi connectivity index (χ3n) is 6.34. The van der Waals surface area contributed by atoms with Gasteiger partial charge in [-0.2, -0.15) is 0 Å². The normalized spacial score (nSPS) is 31.6. The van der Waals surface area contributed by atoms with Crippen molar-refractivity contribution in [1.29, 1.82) is 0 Å². The van der Waals surface area contributed by atoms with Crippen LogP contribution >= 0.6 is 0 Å². The van der Waals surface area contributed by atoms with Gasteiger partial charge < -0.3 is 10.1 Å². The van der Waals surface area contributed by atoms with E-state index in [4.69, 9.17) is 4.74 Å². The number of ether oxygens (including phenoxy) is 1. The Morgan fingerprint density at radius 1 is 1.00 bits per heavy atom. The van der Waals surface area contributed by atoms with Gasteiger partial charge in [-0.15, -0.1) is 0 Å². The summed E-state index contributed by atoms with van der Waals surface area (Å²) in [6.45, 7) is 4.51. The maximum Gasteiger partial charge on any atom is 0.0685 e. The van der Waals surface area contributed by atoms with Gasteiger partial charge in [0.2, 0.25) is 0 Å². The molecular formula is C19H35NO. The third kappa shape index (κ3) is 3.82. The van der Waals surface area contributed by atoms with E-state index in [2.05, 4.69) is 12.2 Å². The molecule has 0 radical (unpaired) electrons. The van der Waals surface area contributed by atoms with Gasteiger partial charge in [-0.1, -0.05) is 39.0 Å². The van der Waals surface area contributed by atoms with Crippen LogP contribution in [0.5, 0.6) is 0 Å². The Kier molecular flexibility index (Phi) is 5.61. The number of hydrogen-bond acceptors (Lipinski definition) is 2. The first-order chi connectivity index (χ1) is 10.3. The van der Waals surface area contributed by atoms with Gasteiger partial charge >= 0.3 is 0 Å². The van der Waals surface area contributed by atoms with E-state index >= 15 is 0 Å². The Hall–Kier alpha value is -0.0800. The van der Waals surface area contributed by atoms with Crippen LogP contribution < -0.4 is 5.32 Å². The molecule has 1 N–H and O–H groups in total. The van der Waals surface area contributed by atoms with Gasteiger partial charge in [0.15, 0.2) is 0 Å². The quantitative estimate of drug-likeness (QED) is 0.795. The summed E-state index contributed by atoms with van der Waals surface area (Å²) in [5.41, 5.74) is 0.281. The van der Waals surface area contributed by atoms with Crippen molar-refractivity contribution in [3.63, 3.8) is 0 Å². The summed E-state index contributed by atoms with van der Waals surface area (Å²) in [7, 11) is 0. The Morgan fingerprint density at radius 3 is 2.48 bits per heavy atom. The highest BCUT2D eigenvalue weighted by Gasteiger charge is 2.43. The van der Waals surface area contributed by atoms with Gasteiger partial charge in [0.25, 0.3) is 0 Å². The van der Waals surface area contributed by atoms with Gasteiger partial charge in [0.05, 0.1) is 5.60 Å². The highest BCUT2D eigenvalue weighted by molar-refractivity contribution is 4.96. The fraction of sp³-hybridized carbons (Fsp3) is 1.00. The van der Waals surface area contributed by atoms with Crippen molar-refractivity contribution in [3.8, 4) is 0 Å². The summed E-state index contributed by atoms with van der Waals surface area (Å²) in [6.07, 6.45) is 16.6. The average molecular weight is 293 g/mol. The third-order valence-corrected chi connectivity index (χ3v) is 6.34. The Balaban J connectivity index is 1.65. The minimum atomic E-state index is 0.281. The molecule has 0 aromatic heterocycles. The lowest BCUT2D eigenvalue weighted by Crippen LogP contribution is -2.49. The molecular weight excluding hydrogens is 258 g/mol. The zero-order chi connectivity index (χ0) is 14.5. The van der Waals surface area contributed by atoms with Crippen LogP contribution in [0.15, 0.2) is 0 Å². The SMILES string of the molecule is CCCNC(C1CCCCC1)C1CCOC2(CCCC2)C1. The summed E-state index contributed by atoms with van der Waals surface area (Å²) >= 11 is 0. The minimum absolute atomic E-state index is 0.281. The van der Waals surface area contributed by atoms with Crippen molar-refractivity contribution in [2.75, 3.05) is 13.2 Å². The van der Waals surface area contributed by atoms with E-state index in [1.807, 2.05) is 0 Å². The molecule has 122 valence electrons. The van der Waals surface area contributed by atoms with Gasteiger partial charge in [-0.05, 0) is 63.3 Å². The van der Waals surface area contributed by atoms with E-state index in [0.717, 1.165) is 24.5 Å². The molecule has 2 saturated carbocycles. The minimum Gasteiger partial charge on any atom is -0.375 e. The van der Waals surface area contributed by atoms with Crippen LogP contribution in [0.1, 0.15) is 84.0 Å². The molecule has 1 aliphatic heterocycles. The molecule has 0 bridgehead atoms. The van der Waals surface area contributed by atoms with Crippen molar-refractivity contribution < 1.29 is 4.74 Å². The Bertz CT molecular complexity index is 305. The lowest BCUT2D eigenvalue weighted by Gasteiger charge is -2.44. The summed E-state index contributed by atoms with van der Waals surface area (Å²) in [5, 5.41) is 3.96. The van der Waals surface area contributed by atoms with Crippen LogP contribution in [0, 0.1) is 11.8 Å². The summed E-state index contributed by atoms with van der Waals surface area (Å²) in [4.78, 5) is 0. The highest BCUT2D eigenvalue weighted by atomic mass is 16.5. The van der Waals surface area contributed by atoms with Gasteiger partial charge in [-0.3, -0.25) is 0 Å². The van der Waals surface area contributed by atoms with Crippen LogP contribution in [-0.2, 0) is 4.74 Å². The predicted molar refractivity (Wildman–Crippen MR) is 88.5 cm³/mol. The van der Waals surface area contributed by atoms with Crippen molar-refractivity contribution in [2.24, 2.45) is 11.8 Å². The first-order valence-corrected chi connectivity index (χ1v) is 9.70. The van der Waals surface area contributed by atoms with Gasteiger partial charge in [0, 0.05) is 12.6 Å². The smallest absolute Gasteiger partial charge is 0.0685 e. The number of rotatable bonds is 5. The van der Waals surface area contributed by atoms with Gasteiger partial charge in [-0.25, -0.2) is 0 Å². The molecule has 21 heavy (non-hydrogen) atoms. The topological polar surface area (TPSA) is 21.3 Å². The average Bonchev–Trinajstić information content (AvgIpc) is 2.97. The molecule has 2 atom stereocenters. The fourth-order valence-electron chi connectivity index (χ4n) is 5.26. The standard InChI is InChI=1S/C19H35NO/c1-2-13-20-18(16-8-4-3-5-9-16)17-10-14-21-19(15-17)11-6-7-12-19/h16-18,20H,2-15H2,1H3. The van der Waals surface area contributed by atoms with E-state index in [1.165, 1.54) is 83.6 Å². The largest absolute Gasteiger partial charge is 0.375 e. The first-order valence-electron chi connectivity index (χ1n) is 9.70. The van der Waals surface area contributed by atoms with Crippen LogP contribution in [0.3, 0.4) is 0 Å². The summed E-state index contributed by atoms with van der Waals surface area (Å²) in [5.74, 6) is 1.80. The predicted octanol–water partition coefficient (Wildman–Crippen LogP) is 4.67. The molecule has 3 aliphatic rings. The molecule has 0 aromatic carbocycles. The van der Waals surface area contributed by atoms with Crippen molar-refractivity contribution >= 4 is 0 Å². The summed E-state index contributed by atoms with van der Waals surface area (Å²) in [6, 6.07) is 0.770. The molecule has 2 nitrogen and oxygen atoms in total. The molecule has 0 aromatic rings. The zero-order valence-electron chi connectivity index (χ0n) is 14.0. The molecule has 1 saturated heterocycles. The van der Waals surface area contributed by atoms with E-state index in [9.17, 15) is 0 Å². The lowest BCUT2D eigenvalue weighted by molar-refractivity contribution is -0.102. The van der Waals surface area contributed by atoms with E-state index in [1.54, 1.807) is 0 Å². The monoisotopic (exact) mass is 293 g/mol. The molecule has 2 aliphatic carbocycles. The molecule has 0 amide bonds. The maximum absolute atomic E-state index is 6.27. The van der Waals surface area contributed by atoms with E-state index in [0.29, 0.717) is 0 Å². The maximum atomic E-state index is 6.27. The van der Waals surface area contributed by atoms with E-state index in [-0.39, 0.29) is 5.60 Å². The molecule has 2 heteroatoms. The Morgan fingerprint density at radius 2 is 1.76 bits per heavy atom. The van der Waals surface area contributed by atoms with Crippen molar-refractivity contribution in [3.05, 3.63) is 0 Å². The first kappa shape index (κ1) is 15.8. The molecule has 1 spiro atoms. The second-order valence-corrected chi connectivity index (χ2v) is 7.87. The van der Waals surface area contributed by atoms with E-state index < -0.39 is 0 Å². The molecule has 3 rings (SSSR count). The van der Waals surface area contributed by atoms with Crippen LogP contribution in [0.25, 0.3) is 0 Å². The zero-order valence-corrected chi connectivity index (χ0v) is 14.0. The molecule has 1 heterocycles. The molecule has 3 fully saturated rings. The second-order valence-electron chi connectivity index (χ2n) is 7.87. The highest BCUT2D eigenvalue weighted by Crippen LogP contribution is 2.44.